The largest absolute Gasteiger partial charge is 0.358 e. The fourth-order valence-corrected chi connectivity index (χ4v) is 3.56. The average molecular weight is 264 g/mol. The molecule has 0 bridgehead atoms. The van der Waals surface area contributed by atoms with E-state index in [9.17, 15) is 4.39 Å². The Kier molecular flexibility index (Phi) is 2.28. The summed E-state index contributed by atoms with van der Waals surface area (Å²) in [6.07, 6.45) is 0. The number of benzene rings is 1. The first-order chi connectivity index (χ1) is 8.32. The van der Waals surface area contributed by atoms with E-state index in [1.54, 1.807) is 12.1 Å². The van der Waals surface area contributed by atoms with Crippen LogP contribution < -0.4 is 5.32 Å². The molecule has 4 heteroatoms. The van der Waals surface area contributed by atoms with Crippen LogP contribution in [0.4, 0.5) is 9.52 Å². The van der Waals surface area contributed by atoms with E-state index >= 15 is 0 Å². The van der Waals surface area contributed by atoms with E-state index in [1.165, 1.54) is 17.4 Å². The van der Waals surface area contributed by atoms with Crippen molar-refractivity contribution in [3.63, 3.8) is 0 Å². The van der Waals surface area contributed by atoms with Gasteiger partial charge >= 0.3 is 0 Å². The molecule has 0 amide bonds. The third kappa shape index (κ3) is 1.55. The van der Waals surface area contributed by atoms with E-state index in [4.69, 9.17) is 0 Å². The van der Waals surface area contributed by atoms with Crippen LogP contribution in [0.3, 0.4) is 0 Å². The highest BCUT2D eigenvalue weighted by Gasteiger charge is 2.65. The van der Waals surface area contributed by atoms with Crippen molar-refractivity contribution >= 4 is 26.7 Å². The highest BCUT2D eigenvalue weighted by atomic mass is 32.1. The Morgan fingerprint density at radius 1 is 1.22 bits per heavy atom. The van der Waals surface area contributed by atoms with Gasteiger partial charge < -0.3 is 5.32 Å². The maximum atomic E-state index is 13.1. The van der Waals surface area contributed by atoms with Gasteiger partial charge in [-0.2, -0.15) is 0 Å². The number of fused-ring (bicyclic) bond motifs is 1. The van der Waals surface area contributed by atoms with E-state index in [2.05, 4.69) is 38.0 Å². The number of anilines is 1. The van der Waals surface area contributed by atoms with Crippen LogP contribution in [0.5, 0.6) is 0 Å². The summed E-state index contributed by atoms with van der Waals surface area (Å²) in [7, 11) is 0. The lowest BCUT2D eigenvalue weighted by atomic mass is 10.0. The summed E-state index contributed by atoms with van der Waals surface area (Å²) in [5, 5.41) is 4.38. The van der Waals surface area contributed by atoms with Crippen LogP contribution in [-0.2, 0) is 0 Å². The Bertz CT molecular complexity index is 601. The van der Waals surface area contributed by atoms with Gasteiger partial charge in [-0.25, -0.2) is 9.37 Å². The molecule has 1 aromatic carbocycles. The first-order valence-corrected chi connectivity index (χ1v) is 6.96. The number of nitrogens with zero attached hydrogens (tertiary/aromatic N) is 1. The van der Waals surface area contributed by atoms with Gasteiger partial charge in [-0.15, -0.1) is 0 Å². The van der Waals surface area contributed by atoms with Gasteiger partial charge in [-0.05, 0) is 29.0 Å². The van der Waals surface area contributed by atoms with Crippen LogP contribution in [0.15, 0.2) is 18.2 Å². The molecule has 18 heavy (non-hydrogen) atoms. The second-order valence-electron chi connectivity index (χ2n) is 6.15. The van der Waals surface area contributed by atoms with Crippen molar-refractivity contribution in [2.75, 3.05) is 5.32 Å². The van der Waals surface area contributed by atoms with E-state index < -0.39 is 0 Å². The predicted molar refractivity (Wildman–Crippen MR) is 74.6 cm³/mol. The molecule has 2 aromatic rings. The average Bonchev–Trinajstić information content (AvgIpc) is 2.64. The zero-order valence-corrected chi connectivity index (χ0v) is 11.9. The number of nitrogens with one attached hydrogen (secondary N) is 1. The van der Waals surface area contributed by atoms with Gasteiger partial charge in [-0.1, -0.05) is 39.0 Å². The second kappa shape index (κ2) is 3.44. The van der Waals surface area contributed by atoms with Crippen LogP contribution in [0.2, 0.25) is 0 Å². The number of hydrogen-bond acceptors (Lipinski definition) is 3. The smallest absolute Gasteiger partial charge is 0.184 e. The molecule has 96 valence electrons. The molecule has 0 atom stereocenters. The molecular formula is C14H17FN2S. The third-order valence-corrected chi connectivity index (χ3v) is 5.59. The van der Waals surface area contributed by atoms with Crippen molar-refractivity contribution < 1.29 is 4.39 Å². The lowest BCUT2D eigenvalue weighted by Gasteiger charge is -2.02. The minimum atomic E-state index is -0.204. The van der Waals surface area contributed by atoms with Crippen molar-refractivity contribution in [2.24, 2.45) is 10.8 Å². The van der Waals surface area contributed by atoms with E-state index in [0.717, 1.165) is 15.3 Å². The van der Waals surface area contributed by atoms with Crippen molar-refractivity contribution in [1.82, 2.24) is 4.98 Å². The highest BCUT2D eigenvalue weighted by molar-refractivity contribution is 7.22. The van der Waals surface area contributed by atoms with Gasteiger partial charge in [0.15, 0.2) is 5.13 Å². The topological polar surface area (TPSA) is 24.9 Å². The van der Waals surface area contributed by atoms with Crippen molar-refractivity contribution in [2.45, 2.75) is 33.7 Å². The van der Waals surface area contributed by atoms with Gasteiger partial charge in [0.2, 0.25) is 0 Å². The lowest BCUT2D eigenvalue weighted by molar-refractivity contribution is 0.457. The molecule has 3 rings (SSSR count). The fourth-order valence-electron chi connectivity index (χ4n) is 2.64. The molecule has 1 heterocycles. The molecule has 0 aliphatic heterocycles. The predicted octanol–water partition coefficient (Wildman–Crippen LogP) is 4.28. The number of hydrogen-bond donors (Lipinski definition) is 1. The standard InChI is InChI=1S/C14H17FN2S/c1-13(2)11(14(13,3)4)17-12-16-9-6-5-8(15)7-10(9)18-12/h5-7,11H,1-4H3,(H,16,17). The summed E-state index contributed by atoms with van der Waals surface area (Å²) in [4.78, 5) is 4.51. The zero-order chi connectivity index (χ0) is 13.1. The van der Waals surface area contributed by atoms with Crippen LogP contribution >= 0.6 is 11.3 Å². The van der Waals surface area contributed by atoms with Crippen molar-refractivity contribution in [3.8, 4) is 0 Å². The monoisotopic (exact) mass is 264 g/mol. The summed E-state index contributed by atoms with van der Waals surface area (Å²) in [6.45, 7) is 9.05. The van der Waals surface area contributed by atoms with E-state index in [-0.39, 0.29) is 16.6 Å². The molecule has 1 fully saturated rings. The number of halogens is 1. The second-order valence-corrected chi connectivity index (χ2v) is 7.18. The Hall–Kier alpha value is -1.16. The minimum Gasteiger partial charge on any atom is -0.358 e. The summed E-state index contributed by atoms with van der Waals surface area (Å²) in [5.41, 5.74) is 1.41. The normalized spacial score (nSPS) is 21.2. The Balaban J connectivity index is 1.89. The van der Waals surface area contributed by atoms with E-state index in [0.29, 0.717) is 6.04 Å². The maximum absolute atomic E-state index is 13.1. The molecule has 1 saturated carbocycles. The fraction of sp³-hybridized carbons (Fsp3) is 0.500. The third-order valence-electron chi connectivity index (χ3n) is 4.64. The first-order valence-electron chi connectivity index (χ1n) is 6.15. The summed E-state index contributed by atoms with van der Waals surface area (Å²) in [5.74, 6) is -0.204. The van der Waals surface area contributed by atoms with Crippen LogP contribution in [0.1, 0.15) is 27.7 Å². The molecule has 0 unspecified atom stereocenters. The quantitative estimate of drug-likeness (QED) is 0.875. The SMILES string of the molecule is CC1(C)C(Nc2nc3ccc(F)cc3s2)C1(C)C. The lowest BCUT2D eigenvalue weighted by Crippen LogP contribution is -2.09. The number of aromatic nitrogens is 1. The van der Waals surface area contributed by atoms with Crippen LogP contribution in [0, 0.1) is 16.6 Å². The molecule has 1 N–H and O–H groups in total. The summed E-state index contributed by atoms with van der Waals surface area (Å²) in [6, 6.07) is 5.16. The Morgan fingerprint density at radius 3 is 2.50 bits per heavy atom. The van der Waals surface area contributed by atoms with E-state index in [1.807, 2.05) is 0 Å². The molecule has 0 saturated heterocycles. The van der Waals surface area contributed by atoms with Crippen LogP contribution in [-0.4, -0.2) is 11.0 Å². The zero-order valence-electron chi connectivity index (χ0n) is 11.0. The Morgan fingerprint density at radius 2 is 1.89 bits per heavy atom. The molecular weight excluding hydrogens is 247 g/mol. The van der Waals surface area contributed by atoms with Crippen molar-refractivity contribution in [3.05, 3.63) is 24.0 Å². The van der Waals surface area contributed by atoms with Gasteiger partial charge in [0.25, 0.3) is 0 Å². The summed E-state index contributed by atoms with van der Waals surface area (Å²) < 4.78 is 14.0. The van der Waals surface area contributed by atoms with Crippen LogP contribution in [0.25, 0.3) is 10.2 Å². The van der Waals surface area contributed by atoms with Gasteiger partial charge in [-0.3, -0.25) is 0 Å². The highest BCUT2D eigenvalue weighted by Crippen LogP contribution is 2.63. The van der Waals surface area contributed by atoms with Gasteiger partial charge in [0.05, 0.1) is 10.2 Å². The summed E-state index contributed by atoms with van der Waals surface area (Å²) >= 11 is 1.52. The van der Waals surface area contributed by atoms with Gasteiger partial charge in [0.1, 0.15) is 5.82 Å². The molecule has 1 aliphatic carbocycles. The minimum absolute atomic E-state index is 0.204. The first kappa shape index (κ1) is 11.9. The molecule has 0 spiro atoms. The maximum Gasteiger partial charge on any atom is 0.184 e. The number of thiazole rings is 1. The molecule has 0 radical (unpaired) electrons. The Labute approximate surface area is 110 Å². The van der Waals surface area contributed by atoms with Gasteiger partial charge in [0, 0.05) is 6.04 Å². The molecule has 1 aromatic heterocycles. The molecule has 1 aliphatic rings. The number of rotatable bonds is 2. The van der Waals surface area contributed by atoms with Crippen molar-refractivity contribution in [1.29, 1.82) is 0 Å². The molecule has 2 nitrogen and oxygen atoms in total.